The minimum absolute atomic E-state index is 0.179. The summed E-state index contributed by atoms with van der Waals surface area (Å²) in [7, 11) is 1.74. The Balaban J connectivity index is 1.89. The third kappa shape index (κ3) is 6.06. The molecular formula is C32H50N2O2Sn. The van der Waals surface area contributed by atoms with Gasteiger partial charge in [-0.3, -0.25) is 0 Å². The van der Waals surface area contributed by atoms with Gasteiger partial charge in [0.05, 0.1) is 0 Å². The minimum atomic E-state index is -2.88. The van der Waals surface area contributed by atoms with E-state index in [0.29, 0.717) is 11.8 Å². The van der Waals surface area contributed by atoms with Gasteiger partial charge in [0.2, 0.25) is 0 Å². The Morgan fingerprint density at radius 3 is 2.35 bits per heavy atom. The van der Waals surface area contributed by atoms with Crippen LogP contribution in [0.5, 0.6) is 5.75 Å². The molecule has 0 radical (unpaired) electrons. The van der Waals surface area contributed by atoms with Gasteiger partial charge in [-0.2, -0.15) is 0 Å². The van der Waals surface area contributed by atoms with Crippen molar-refractivity contribution in [1.82, 2.24) is 9.88 Å². The molecule has 3 saturated heterocycles. The zero-order valence-corrected chi connectivity index (χ0v) is 26.7. The molecular weight excluding hydrogens is 563 g/mol. The summed E-state index contributed by atoms with van der Waals surface area (Å²) >= 11 is -2.88. The molecule has 1 aromatic heterocycles. The quantitative estimate of drug-likeness (QED) is 0.181. The molecule has 1 aromatic carbocycles. The van der Waals surface area contributed by atoms with Crippen molar-refractivity contribution >= 4 is 32.9 Å². The van der Waals surface area contributed by atoms with E-state index in [9.17, 15) is 5.11 Å². The van der Waals surface area contributed by atoms with Crippen molar-refractivity contribution in [2.45, 2.75) is 97.6 Å². The summed E-state index contributed by atoms with van der Waals surface area (Å²) < 4.78 is 11.3. The normalized spacial score (nSPS) is 24.4. The average Bonchev–Trinajstić information content (AvgIpc) is 2.95. The van der Waals surface area contributed by atoms with Crippen LogP contribution in [-0.2, 0) is 0 Å². The fourth-order valence-corrected chi connectivity index (χ4v) is 24.0. The Labute approximate surface area is 229 Å². The van der Waals surface area contributed by atoms with Crippen molar-refractivity contribution in [2.75, 3.05) is 20.2 Å². The van der Waals surface area contributed by atoms with Crippen molar-refractivity contribution < 1.29 is 9.84 Å². The van der Waals surface area contributed by atoms with Crippen molar-refractivity contribution in [3.8, 4) is 5.75 Å². The first-order valence-corrected chi connectivity index (χ1v) is 22.5. The van der Waals surface area contributed by atoms with Crippen molar-refractivity contribution in [2.24, 2.45) is 11.8 Å². The summed E-state index contributed by atoms with van der Waals surface area (Å²) in [6.07, 6.45) is 13.8. The number of piperidine rings is 3. The Morgan fingerprint density at radius 1 is 1.14 bits per heavy atom. The number of rotatable bonds is 14. The van der Waals surface area contributed by atoms with Crippen LogP contribution in [-0.4, -0.2) is 59.6 Å². The molecule has 5 heteroatoms. The van der Waals surface area contributed by atoms with Gasteiger partial charge in [-0.25, -0.2) is 0 Å². The Bertz CT molecular complexity index is 1020. The number of fused-ring (bicyclic) bond motifs is 4. The Hall–Kier alpha value is -1.11. The molecule has 0 saturated carbocycles. The van der Waals surface area contributed by atoms with Gasteiger partial charge in [0.1, 0.15) is 0 Å². The molecule has 4 heterocycles. The second-order valence-electron chi connectivity index (χ2n) is 11.8. The number of benzene rings is 1. The van der Waals surface area contributed by atoms with E-state index >= 15 is 0 Å². The Kier molecular flexibility index (Phi) is 10.4. The van der Waals surface area contributed by atoms with Crippen LogP contribution in [0.2, 0.25) is 13.3 Å². The van der Waals surface area contributed by atoms with Gasteiger partial charge in [0.25, 0.3) is 0 Å². The molecule has 3 aliphatic rings. The third-order valence-electron chi connectivity index (χ3n) is 9.53. The zero-order valence-electron chi connectivity index (χ0n) is 23.8. The van der Waals surface area contributed by atoms with Crippen molar-refractivity contribution in [3.63, 3.8) is 0 Å². The number of pyridine rings is 1. The fourth-order valence-electron chi connectivity index (χ4n) is 7.28. The maximum absolute atomic E-state index is 12.4. The van der Waals surface area contributed by atoms with E-state index < -0.39 is 24.5 Å². The van der Waals surface area contributed by atoms with Crippen LogP contribution in [0.25, 0.3) is 10.9 Å². The van der Waals surface area contributed by atoms with Gasteiger partial charge in [0.15, 0.2) is 0 Å². The zero-order chi connectivity index (χ0) is 26.4. The first-order valence-electron chi connectivity index (χ1n) is 15.0. The SMILES string of the molecule is C=C[C@H]1CN2CC[C@H]1C[C@H]2[C@H](O)c1[c]([Sn]([CH2]CCC)([CH2]CCC)[CH2]CCC)cnc2ccc(OC)cc12. The van der Waals surface area contributed by atoms with Crippen molar-refractivity contribution in [3.05, 3.63) is 42.6 Å². The summed E-state index contributed by atoms with van der Waals surface area (Å²) in [6, 6.07) is 6.42. The van der Waals surface area contributed by atoms with Gasteiger partial charge >= 0.3 is 231 Å². The number of hydrogen-bond acceptors (Lipinski definition) is 4. The van der Waals surface area contributed by atoms with Crippen LogP contribution in [0.1, 0.15) is 83.8 Å². The summed E-state index contributed by atoms with van der Waals surface area (Å²) in [5, 5.41) is 13.5. The van der Waals surface area contributed by atoms with Crippen LogP contribution in [0.4, 0.5) is 0 Å². The molecule has 1 N–H and O–H groups in total. The maximum atomic E-state index is 12.4. The van der Waals surface area contributed by atoms with E-state index in [1.54, 1.807) is 7.11 Å². The fraction of sp³-hybridized carbons (Fsp3) is 0.656. The van der Waals surface area contributed by atoms with Gasteiger partial charge in [-0.1, -0.05) is 0 Å². The number of ether oxygens (including phenoxy) is 1. The monoisotopic (exact) mass is 614 g/mol. The number of aliphatic hydroxyl groups excluding tert-OH is 1. The van der Waals surface area contributed by atoms with Crippen LogP contribution in [0, 0.1) is 11.8 Å². The second-order valence-corrected chi connectivity index (χ2v) is 24.9. The summed E-state index contributed by atoms with van der Waals surface area (Å²) in [5.74, 6) is 2.05. The molecule has 204 valence electrons. The molecule has 5 atom stereocenters. The predicted molar refractivity (Wildman–Crippen MR) is 160 cm³/mol. The first kappa shape index (κ1) is 28.9. The van der Waals surface area contributed by atoms with E-state index in [2.05, 4.69) is 56.7 Å². The molecule has 2 bridgehead atoms. The van der Waals surface area contributed by atoms with Gasteiger partial charge in [-0.05, 0) is 0 Å². The molecule has 1 unspecified atom stereocenters. The number of aliphatic hydroxyl groups is 1. The van der Waals surface area contributed by atoms with Gasteiger partial charge in [-0.15, -0.1) is 0 Å². The topological polar surface area (TPSA) is 45.6 Å². The summed E-state index contributed by atoms with van der Waals surface area (Å²) in [6.45, 7) is 13.2. The number of methoxy groups -OCH3 is 1. The molecule has 37 heavy (non-hydrogen) atoms. The molecule has 5 rings (SSSR count). The summed E-state index contributed by atoms with van der Waals surface area (Å²) in [5.41, 5.74) is 2.20. The molecule has 4 nitrogen and oxygen atoms in total. The number of nitrogens with zero attached hydrogens (tertiary/aromatic N) is 2. The van der Waals surface area contributed by atoms with Crippen molar-refractivity contribution in [1.29, 1.82) is 0 Å². The van der Waals surface area contributed by atoms with Gasteiger partial charge in [0, 0.05) is 0 Å². The molecule has 2 aromatic rings. The third-order valence-corrected chi connectivity index (χ3v) is 25.1. The number of unbranched alkanes of at least 4 members (excludes halogenated alkanes) is 3. The van der Waals surface area contributed by atoms with Crippen LogP contribution in [0.3, 0.4) is 0 Å². The van der Waals surface area contributed by atoms with Crippen LogP contribution < -0.4 is 8.32 Å². The molecule has 0 aliphatic carbocycles. The molecule has 0 spiro atoms. The predicted octanol–water partition coefficient (Wildman–Crippen LogP) is 7.23. The number of aromatic nitrogens is 1. The average molecular weight is 613 g/mol. The molecule has 0 amide bonds. The molecule has 3 fully saturated rings. The number of hydrogen-bond donors (Lipinski definition) is 1. The van der Waals surface area contributed by atoms with E-state index in [1.165, 1.54) is 67.4 Å². The second kappa shape index (κ2) is 13.3. The van der Waals surface area contributed by atoms with E-state index in [1.807, 2.05) is 6.07 Å². The van der Waals surface area contributed by atoms with E-state index in [0.717, 1.165) is 36.2 Å². The van der Waals surface area contributed by atoms with Gasteiger partial charge < -0.3 is 0 Å². The Morgan fingerprint density at radius 2 is 1.81 bits per heavy atom. The first-order chi connectivity index (χ1) is 18.0. The van der Waals surface area contributed by atoms with Crippen LogP contribution in [0.15, 0.2) is 37.1 Å². The van der Waals surface area contributed by atoms with Crippen LogP contribution >= 0.6 is 0 Å². The van der Waals surface area contributed by atoms with E-state index in [-0.39, 0.29) is 6.04 Å². The standard InChI is InChI=1S/C20H23N2O2.3C4H9.Sn/c1-3-13-12-22-9-7-14(13)10-19(22)20(23)16-6-8-21-18-5-4-15(24-2)11-17(16)18;3*1-3-4-2;/h3-5,8,11,13-14,19-20,23H,1,7,9-10,12H2,2H3;3*1,3-4H2,2H3;/t13-,14-,19-,20+;;;;/m0..../s1. The molecule has 3 aliphatic heterocycles. The van der Waals surface area contributed by atoms with E-state index in [4.69, 9.17) is 9.72 Å². The summed E-state index contributed by atoms with van der Waals surface area (Å²) in [4.78, 5) is 7.63.